The van der Waals surface area contributed by atoms with Crippen LogP contribution in [0.2, 0.25) is 0 Å². The first-order chi connectivity index (χ1) is 9.77. The van der Waals surface area contributed by atoms with Gasteiger partial charge in [-0.3, -0.25) is 0 Å². The predicted octanol–water partition coefficient (Wildman–Crippen LogP) is 6.30. The summed E-state index contributed by atoms with van der Waals surface area (Å²) < 4.78 is 38.5. The summed E-state index contributed by atoms with van der Waals surface area (Å²) in [6.45, 7) is 1.97. The zero-order valence-corrected chi connectivity index (χ0v) is 13.6. The second-order valence-electron chi connectivity index (χ2n) is 4.87. The molecule has 0 radical (unpaired) electrons. The number of hydrogen-bond acceptors (Lipinski definition) is 0. The molecule has 0 N–H and O–H groups in total. The largest absolute Gasteiger partial charge is 0.416 e. The molecule has 0 spiro atoms. The first kappa shape index (κ1) is 16.4. The summed E-state index contributed by atoms with van der Waals surface area (Å²) in [6, 6.07) is 10.9. The van der Waals surface area contributed by atoms with Gasteiger partial charge in [0.1, 0.15) is 0 Å². The van der Waals surface area contributed by atoms with Crippen LogP contribution in [-0.4, -0.2) is 0 Å². The van der Waals surface area contributed by atoms with Crippen molar-refractivity contribution in [3.63, 3.8) is 0 Å². The van der Waals surface area contributed by atoms with Crippen LogP contribution in [0.5, 0.6) is 0 Å². The highest BCUT2D eigenvalue weighted by Crippen LogP contribution is 2.31. The molecule has 2 aromatic carbocycles. The zero-order valence-electron chi connectivity index (χ0n) is 11.2. The van der Waals surface area contributed by atoms with Gasteiger partial charge >= 0.3 is 6.18 Å². The maximum Gasteiger partial charge on any atom is 0.416 e. The van der Waals surface area contributed by atoms with Gasteiger partial charge in [0.25, 0.3) is 0 Å². The topological polar surface area (TPSA) is 0 Å². The van der Waals surface area contributed by atoms with Crippen LogP contribution < -0.4 is 0 Å². The summed E-state index contributed by atoms with van der Waals surface area (Å²) in [5, 5.41) is -0.270. The van der Waals surface area contributed by atoms with Crippen molar-refractivity contribution in [1.82, 2.24) is 0 Å². The van der Waals surface area contributed by atoms with Gasteiger partial charge in [0, 0.05) is 4.47 Å². The Balaban J connectivity index is 2.12. The molecule has 0 aliphatic carbocycles. The van der Waals surface area contributed by atoms with E-state index in [-0.39, 0.29) is 5.38 Å². The molecule has 0 bridgehead atoms. The SMILES string of the molecule is Cc1cc(C(Cl)Cc2ccc(C(F)(F)F)cc2)ccc1Br. The van der Waals surface area contributed by atoms with Gasteiger partial charge in [0.15, 0.2) is 0 Å². The van der Waals surface area contributed by atoms with Crippen molar-refractivity contribution in [1.29, 1.82) is 0 Å². The van der Waals surface area contributed by atoms with Crippen LogP contribution in [0.1, 0.15) is 27.6 Å². The van der Waals surface area contributed by atoms with Gasteiger partial charge in [0.05, 0.1) is 10.9 Å². The van der Waals surface area contributed by atoms with Crippen LogP contribution in [0.3, 0.4) is 0 Å². The molecular weight excluding hydrogens is 365 g/mol. The lowest BCUT2D eigenvalue weighted by atomic mass is 10.0. The van der Waals surface area contributed by atoms with Crippen LogP contribution >= 0.6 is 27.5 Å². The molecule has 0 heterocycles. The maximum atomic E-state index is 12.5. The number of hydrogen-bond donors (Lipinski definition) is 0. The Labute approximate surface area is 135 Å². The molecule has 5 heteroatoms. The fourth-order valence-electron chi connectivity index (χ4n) is 2.02. The van der Waals surface area contributed by atoms with Crippen molar-refractivity contribution in [3.8, 4) is 0 Å². The lowest BCUT2D eigenvalue weighted by Gasteiger charge is -2.12. The van der Waals surface area contributed by atoms with E-state index in [1.165, 1.54) is 12.1 Å². The molecule has 0 aromatic heterocycles. The molecular formula is C16H13BrClF3. The van der Waals surface area contributed by atoms with Crippen molar-refractivity contribution in [2.24, 2.45) is 0 Å². The average Bonchev–Trinajstić information content (AvgIpc) is 2.41. The molecule has 0 nitrogen and oxygen atoms in total. The lowest BCUT2D eigenvalue weighted by Crippen LogP contribution is -2.05. The molecule has 2 rings (SSSR count). The molecule has 1 atom stereocenters. The monoisotopic (exact) mass is 376 g/mol. The van der Waals surface area contributed by atoms with Gasteiger partial charge in [0.2, 0.25) is 0 Å². The summed E-state index contributed by atoms with van der Waals surface area (Å²) in [5.41, 5.74) is 2.17. The summed E-state index contributed by atoms with van der Waals surface area (Å²) in [6.07, 6.45) is -3.82. The molecule has 21 heavy (non-hydrogen) atoms. The minimum Gasteiger partial charge on any atom is -0.166 e. The van der Waals surface area contributed by atoms with Gasteiger partial charge in [-0.05, 0) is 48.2 Å². The van der Waals surface area contributed by atoms with E-state index < -0.39 is 11.7 Å². The van der Waals surface area contributed by atoms with Crippen LogP contribution in [0.25, 0.3) is 0 Å². The van der Waals surface area contributed by atoms with E-state index in [0.29, 0.717) is 6.42 Å². The number of rotatable bonds is 3. The third-order valence-corrected chi connectivity index (χ3v) is 4.54. The molecule has 0 saturated heterocycles. The van der Waals surface area contributed by atoms with Gasteiger partial charge in [-0.1, -0.05) is 40.2 Å². The number of halogens is 5. The van der Waals surface area contributed by atoms with E-state index in [4.69, 9.17) is 11.6 Å². The summed E-state index contributed by atoms with van der Waals surface area (Å²) in [4.78, 5) is 0. The molecule has 0 aliphatic heterocycles. The van der Waals surface area contributed by atoms with Crippen molar-refractivity contribution in [2.75, 3.05) is 0 Å². The lowest BCUT2D eigenvalue weighted by molar-refractivity contribution is -0.137. The predicted molar refractivity (Wildman–Crippen MR) is 82.6 cm³/mol. The molecule has 0 saturated carbocycles. The Kier molecular flexibility index (Phi) is 4.99. The van der Waals surface area contributed by atoms with Gasteiger partial charge in [-0.2, -0.15) is 13.2 Å². The van der Waals surface area contributed by atoms with Crippen LogP contribution in [0.4, 0.5) is 13.2 Å². The van der Waals surface area contributed by atoms with Gasteiger partial charge in [-0.25, -0.2) is 0 Å². The van der Waals surface area contributed by atoms with Crippen molar-refractivity contribution in [3.05, 3.63) is 69.2 Å². The summed E-state index contributed by atoms with van der Waals surface area (Å²) in [5.74, 6) is 0. The Morgan fingerprint density at radius 3 is 2.24 bits per heavy atom. The van der Waals surface area contributed by atoms with Crippen LogP contribution in [-0.2, 0) is 12.6 Å². The van der Waals surface area contributed by atoms with Gasteiger partial charge < -0.3 is 0 Å². The molecule has 2 aromatic rings. The summed E-state index contributed by atoms with van der Waals surface area (Å²) >= 11 is 9.78. The Morgan fingerprint density at radius 2 is 1.71 bits per heavy atom. The third-order valence-electron chi connectivity index (χ3n) is 3.24. The fourth-order valence-corrected chi connectivity index (χ4v) is 2.58. The maximum absolute atomic E-state index is 12.5. The van der Waals surface area contributed by atoms with Crippen LogP contribution in [0.15, 0.2) is 46.9 Å². The standard InChI is InChI=1S/C16H13BrClF3/c1-10-8-12(4-7-14(10)17)15(18)9-11-2-5-13(6-3-11)16(19,20)21/h2-8,15H,9H2,1H3. The van der Waals surface area contributed by atoms with Crippen molar-refractivity contribution in [2.45, 2.75) is 24.9 Å². The molecule has 1 unspecified atom stereocenters. The first-order valence-corrected chi connectivity index (χ1v) is 7.56. The molecule has 112 valence electrons. The smallest absolute Gasteiger partial charge is 0.166 e. The first-order valence-electron chi connectivity index (χ1n) is 6.33. The highest BCUT2D eigenvalue weighted by molar-refractivity contribution is 9.10. The highest BCUT2D eigenvalue weighted by Gasteiger charge is 2.29. The molecule has 0 fully saturated rings. The Hall–Kier alpha value is -1.00. The van der Waals surface area contributed by atoms with E-state index in [2.05, 4.69) is 15.9 Å². The average molecular weight is 378 g/mol. The number of benzene rings is 2. The normalized spacial score (nSPS) is 13.2. The molecule has 0 aliphatic rings. The third kappa shape index (κ3) is 4.24. The quantitative estimate of drug-likeness (QED) is 0.551. The molecule has 0 amide bonds. The van der Waals surface area contributed by atoms with Gasteiger partial charge in [-0.15, -0.1) is 11.6 Å². The number of alkyl halides is 4. The van der Waals surface area contributed by atoms with E-state index in [1.54, 1.807) is 0 Å². The Bertz CT molecular complexity index is 620. The summed E-state index contributed by atoms with van der Waals surface area (Å²) in [7, 11) is 0. The minimum absolute atomic E-state index is 0.270. The van der Waals surface area contributed by atoms with E-state index in [0.717, 1.165) is 33.3 Å². The Morgan fingerprint density at radius 1 is 1.10 bits per heavy atom. The van der Waals surface area contributed by atoms with Crippen molar-refractivity contribution < 1.29 is 13.2 Å². The zero-order chi connectivity index (χ0) is 15.6. The van der Waals surface area contributed by atoms with E-state index in [1.807, 2.05) is 25.1 Å². The van der Waals surface area contributed by atoms with Crippen molar-refractivity contribution >= 4 is 27.5 Å². The second kappa shape index (κ2) is 6.41. The van der Waals surface area contributed by atoms with Crippen LogP contribution in [0, 0.1) is 6.92 Å². The number of aryl methyl sites for hydroxylation is 1. The highest BCUT2D eigenvalue weighted by atomic mass is 79.9. The second-order valence-corrected chi connectivity index (χ2v) is 6.26. The van der Waals surface area contributed by atoms with E-state index >= 15 is 0 Å². The minimum atomic E-state index is -4.30. The van der Waals surface area contributed by atoms with E-state index in [9.17, 15) is 13.2 Å². The fraction of sp³-hybridized carbons (Fsp3) is 0.250.